The van der Waals surface area contributed by atoms with Gasteiger partial charge >= 0.3 is 0 Å². The predicted octanol–water partition coefficient (Wildman–Crippen LogP) is 2.59. The number of nitrogens with zero attached hydrogens (tertiary/aromatic N) is 1. The second-order valence-corrected chi connectivity index (χ2v) is 4.81. The van der Waals surface area contributed by atoms with Gasteiger partial charge in [-0.3, -0.25) is 9.59 Å². The summed E-state index contributed by atoms with van der Waals surface area (Å²) in [6.07, 6.45) is 1.52. The van der Waals surface area contributed by atoms with Crippen LogP contribution in [0.5, 0.6) is 0 Å². The van der Waals surface area contributed by atoms with Crippen LogP contribution in [0.3, 0.4) is 0 Å². The highest BCUT2D eigenvalue weighted by Gasteiger charge is 2.13. The molecule has 112 valence electrons. The lowest BCUT2D eigenvalue weighted by atomic mass is 10.0. The minimum absolute atomic E-state index is 0.0644. The SMILES string of the molecule is CCC(CC)C(=O)NCc1ccc(NC(=O)CC#N)cc1. The molecule has 0 radical (unpaired) electrons. The molecule has 0 saturated carbocycles. The van der Waals surface area contributed by atoms with Crippen molar-refractivity contribution in [2.45, 2.75) is 39.7 Å². The highest BCUT2D eigenvalue weighted by atomic mass is 16.2. The number of carbonyl (C=O) groups is 2. The molecule has 1 rings (SSSR count). The average Bonchev–Trinajstić information content (AvgIpc) is 2.48. The van der Waals surface area contributed by atoms with Crippen molar-refractivity contribution in [3.63, 3.8) is 0 Å². The van der Waals surface area contributed by atoms with Crippen LogP contribution in [0.1, 0.15) is 38.7 Å². The van der Waals surface area contributed by atoms with Gasteiger partial charge in [-0.1, -0.05) is 26.0 Å². The topological polar surface area (TPSA) is 82.0 Å². The third-order valence-corrected chi connectivity index (χ3v) is 3.30. The summed E-state index contributed by atoms with van der Waals surface area (Å²) in [5, 5.41) is 13.9. The average molecular weight is 287 g/mol. The molecule has 0 spiro atoms. The largest absolute Gasteiger partial charge is 0.352 e. The molecule has 5 heteroatoms. The number of hydrogen-bond acceptors (Lipinski definition) is 3. The zero-order valence-electron chi connectivity index (χ0n) is 12.5. The van der Waals surface area contributed by atoms with Crippen molar-refractivity contribution in [2.24, 2.45) is 5.92 Å². The number of anilines is 1. The van der Waals surface area contributed by atoms with E-state index in [4.69, 9.17) is 5.26 Å². The fraction of sp³-hybridized carbons (Fsp3) is 0.438. The van der Waals surface area contributed by atoms with Crippen molar-refractivity contribution in [3.8, 4) is 6.07 Å². The van der Waals surface area contributed by atoms with Crippen molar-refractivity contribution in [3.05, 3.63) is 29.8 Å². The number of carbonyl (C=O) groups excluding carboxylic acids is 2. The summed E-state index contributed by atoms with van der Waals surface area (Å²) < 4.78 is 0. The Kier molecular flexibility index (Phi) is 6.96. The summed E-state index contributed by atoms with van der Waals surface area (Å²) in [4.78, 5) is 23.1. The van der Waals surface area contributed by atoms with Crippen LogP contribution < -0.4 is 10.6 Å². The first-order valence-electron chi connectivity index (χ1n) is 7.14. The molecule has 21 heavy (non-hydrogen) atoms. The van der Waals surface area contributed by atoms with E-state index in [0.29, 0.717) is 12.2 Å². The van der Waals surface area contributed by atoms with E-state index in [0.717, 1.165) is 18.4 Å². The molecule has 0 bridgehead atoms. The van der Waals surface area contributed by atoms with Gasteiger partial charge in [-0.25, -0.2) is 0 Å². The first-order valence-corrected chi connectivity index (χ1v) is 7.14. The lowest BCUT2D eigenvalue weighted by molar-refractivity contribution is -0.125. The van der Waals surface area contributed by atoms with Crippen LogP contribution in [-0.2, 0) is 16.1 Å². The van der Waals surface area contributed by atoms with Crippen LogP contribution in [0.25, 0.3) is 0 Å². The Bertz CT molecular complexity index is 513. The van der Waals surface area contributed by atoms with E-state index in [1.165, 1.54) is 0 Å². The Morgan fingerprint density at radius 2 is 1.81 bits per heavy atom. The van der Waals surface area contributed by atoms with Crippen molar-refractivity contribution >= 4 is 17.5 Å². The van der Waals surface area contributed by atoms with Crippen LogP contribution in [0.15, 0.2) is 24.3 Å². The molecule has 1 aromatic carbocycles. The Hall–Kier alpha value is -2.35. The number of hydrogen-bond donors (Lipinski definition) is 2. The van der Waals surface area contributed by atoms with Gasteiger partial charge in [0.15, 0.2) is 0 Å². The maximum atomic E-state index is 11.9. The fourth-order valence-corrected chi connectivity index (χ4v) is 1.98. The maximum Gasteiger partial charge on any atom is 0.238 e. The predicted molar refractivity (Wildman–Crippen MR) is 81.2 cm³/mol. The molecule has 0 heterocycles. The van der Waals surface area contributed by atoms with E-state index >= 15 is 0 Å². The van der Waals surface area contributed by atoms with Gasteiger partial charge in [0.25, 0.3) is 0 Å². The molecule has 5 nitrogen and oxygen atoms in total. The quantitative estimate of drug-likeness (QED) is 0.808. The smallest absolute Gasteiger partial charge is 0.238 e. The molecule has 0 atom stereocenters. The molecule has 1 aromatic rings. The van der Waals surface area contributed by atoms with Gasteiger partial charge < -0.3 is 10.6 Å². The molecule has 2 amide bonds. The van der Waals surface area contributed by atoms with Gasteiger partial charge in [-0.05, 0) is 30.5 Å². The van der Waals surface area contributed by atoms with Crippen LogP contribution in [-0.4, -0.2) is 11.8 Å². The van der Waals surface area contributed by atoms with E-state index in [-0.39, 0.29) is 24.2 Å². The van der Waals surface area contributed by atoms with Gasteiger partial charge in [0.05, 0.1) is 6.07 Å². The van der Waals surface area contributed by atoms with E-state index in [9.17, 15) is 9.59 Å². The van der Waals surface area contributed by atoms with E-state index in [1.54, 1.807) is 18.2 Å². The van der Waals surface area contributed by atoms with Crippen molar-refractivity contribution in [2.75, 3.05) is 5.32 Å². The minimum atomic E-state index is -0.327. The molecule has 0 unspecified atom stereocenters. The Labute approximate surface area is 125 Å². The Morgan fingerprint density at radius 1 is 1.19 bits per heavy atom. The van der Waals surface area contributed by atoms with Gasteiger partial charge in [-0.2, -0.15) is 5.26 Å². The minimum Gasteiger partial charge on any atom is -0.352 e. The zero-order chi connectivity index (χ0) is 15.7. The van der Waals surface area contributed by atoms with Gasteiger partial charge in [0.1, 0.15) is 6.42 Å². The molecule has 0 saturated heterocycles. The Morgan fingerprint density at radius 3 is 2.33 bits per heavy atom. The molecule has 0 aliphatic rings. The third kappa shape index (κ3) is 5.65. The standard InChI is InChI=1S/C16H21N3O2/c1-3-13(4-2)16(21)18-11-12-5-7-14(8-6-12)19-15(20)9-10-17/h5-8,13H,3-4,9,11H2,1-2H3,(H,18,21)(H,19,20). The summed E-state index contributed by atoms with van der Waals surface area (Å²) in [6, 6.07) is 8.99. The first kappa shape index (κ1) is 16.7. The number of benzene rings is 1. The lowest BCUT2D eigenvalue weighted by Gasteiger charge is -2.13. The van der Waals surface area contributed by atoms with Gasteiger partial charge in [0.2, 0.25) is 11.8 Å². The molecule has 0 fully saturated rings. The third-order valence-electron chi connectivity index (χ3n) is 3.30. The highest BCUT2D eigenvalue weighted by Crippen LogP contribution is 2.11. The van der Waals surface area contributed by atoms with E-state index in [1.807, 2.05) is 26.0 Å². The number of nitriles is 1. The second kappa shape index (κ2) is 8.75. The maximum absolute atomic E-state index is 11.9. The monoisotopic (exact) mass is 287 g/mol. The highest BCUT2D eigenvalue weighted by molar-refractivity contribution is 5.92. The van der Waals surface area contributed by atoms with Crippen LogP contribution in [0.2, 0.25) is 0 Å². The number of rotatable bonds is 7. The molecular formula is C16H21N3O2. The summed E-state index contributed by atoms with van der Waals surface area (Å²) in [7, 11) is 0. The van der Waals surface area contributed by atoms with Gasteiger partial charge in [-0.15, -0.1) is 0 Å². The van der Waals surface area contributed by atoms with E-state index in [2.05, 4.69) is 10.6 Å². The Balaban J connectivity index is 2.50. The fourth-order valence-electron chi connectivity index (χ4n) is 1.98. The molecule has 0 aliphatic carbocycles. The molecule has 0 aliphatic heterocycles. The van der Waals surface area contributed by atoms with Crippen LogP contribution in [0.4, 0.5) is 5.69 Å². The first-order chi connectivity index (χ1) is 10.1. The zero-order valence-corrected chi connectivity index (χ0v) is 12.5. The second-order valence-electron chi connectivity index (χ2n) is 4.81. The lowest BCUT2D eigenvalue weighted by Crippen LogP contribution is -2.29. The summed E-state index contributed by atoms with van der Waals surface area (Å²) >= 11 is 0. The summed E-state index contributed by atoms with van der Waals surface area (Å²) in [5.41, 5.74) is 1.61. The summed E-state index contributed by atoms with van der Waals surface area (Å²) in [5.74, 6) is -0.187. The van der Waals surface area contributed by atoms with E-state index < -0.39 is 0 Å². The molecular weight excluding hydrogens is 266 g/mol. The van der Waals surface area contributed by atoms with Gasteiger partial charge in [0, 0.05) is 18.2 Å². The number of amides is 2. The number of nitrogens with one attached hydrogen (secondary N) is 2. The van der Waals surface area contributed by atoms with Crippen molar-refractivity contribution in [1.29, 1.82) is 5.26 Å². The van der Waals surface area contributed by atoms with Crippen molar-refractivity contribution in [1.82, 2.24) is 5.32 Å². The van der Waals surface area contributed by atoms with Crippen LogP contribution >= 0.6 is 0 Å². The molecule has 0 aromatic heterocycles. The normalized spacial score (nSPS) is 10.0. The molecule has 2 N–H and O–H groups in total. The van der Waals surface area contributed by atoms with Crippen molar-refractivity contribution < 1.29 is 9.59 Å². The summed E-state index contributed by atoms with van der Waals surface area (Å²) in [6.45, 7) is 4.49. The van der Waals surface area contributed by atoms with Crippen LogP contribution in [0, 0.1) is 17.2 Å².